The Balaban J connectivity index is 1.54. The van der Waals surface area contributed by atoms with Gasteiger partial charge < -0.3 is 9.80 Å². The van der Waals surface area contributed by atoms with Crippen LogP contribution >= 0.6 is 11.6 Å². The summed E-state index contributed by atoms with van der Waals surface area (Å²) in [6, 6.07) is 8.87. The molecular formula is C19H24ClFN4. The molecule has 25 heavy (non-hydrogen) atoms. The average molecular weight is 363 g/mol. The second kappa shape index (κ2) is 8.13. The lowest BCUT2D eigenvalue weighted by molar-refractivity contribution is 0.249. The van der Waals surface area contributed by atoms with E-state index in [0.717, 1.165) is 50.6 Å². The van der Waals surface area contributed by atoms with Gasteiger partial charge in [0.2, 0.25) is 0 Å². The van der Waals surface area contributed by atoms with Gasteiger partial charge in [0.25, 0.3) is 0 Å². The summed E-state index contributed by atoms with van der Waals surface area (Å²) in [4.78, 5) is 11.4. The SMILES string of the molecule is CN(C)Cc1ccc(N2CCN(Cc3ccc(F)cc3Cl)CC2)nc1. The van der Waals surface area contributed by atoms with Gasteiger partial charge in [-0.25, -0.2) is 9.37 Å². The molecule has 0 amide bonds. The molecule has 2 aromatic rings. The first kappa shape index (κ1) is 18.1. The molecular weight excluding hydrogens is 339 g/mol. The maximum Gasteiger partial charge on any atom is 0.128 e. The third kappa shape index (κ3) is 4.91. The Hall–Kier alpha value is -1.69. The predicted molar refractivity (Wildman–Crippen MR) is 101 cm³/mol. The fourth-order valence-corrected chi connectivity index (χ4v) is 3.32. The monoisotopic (exact) mass is 362 g/mol. The highest BCUT2D eigenvalue weighted by atomic mass is 35.5. The Bertz CT molecular complexity index is 697. The van der Waals surface area contributed by atoms with Gasteiger partial charge in [-0.3, -0.25) is 4.90 Å². The molecule has 2 heterocycles. The van der Waals surface area contributed by atoms with Crippen LogP contribution in [0.2, 0.25) is 5.02 Å². The highest BCUT2D eigenvalue weighted by molar-refractivity contribution is 6.31. The number of benzene rings is 1. The first-order valence-corrected chi connectivity index (χ1v) is 8.90. The lowest BCUT2D eigenvalue weighted by Gasteiger charge is -2.35. The molecule has 1 aromatic carbocycles. The first-order valence-electron chi connectivity index (χ1n) is 8.52. The molecule has 1 saturated heterocycles. The molecule has 4 nitrogen and oxygen atoms in total. The van der Waals surface area contributed by atoms with Crippen molar-refractivity contribution in [2.75, 3.05) is 45.2 Å². The molecule has 0 saturated carbocycles. The van der Waals surface area contributed by atoms with Crippen molar-refractivity contribution >= 4 is 17.4 Å². The van der Waals surface area contributed by atoms with Crippen LogP contribution in [-0.2, 0) is 13.1 Å². The summed E-state index contributed by atoms with van der Waals surface area (Å²) in [5.41, 5.74) is 2.20. The van der Waals surface area contributed by atoms with E-state index in [9.17, 15) is 4.39 Å². The summed E-state index contributed by atoms with van der Waals surface area (Å²) in [5.74, 6) is 0.740. The van der Waals surface area contributed by atoms with Gasteiger partial charge in [-0.2, -0.15) is 0 Å². The van der Waals surface area contributed by atoms with Crippen LogP contribution in [0.3, 0.4) is 0 Å². The van der Waals surface area contributed by atoms with Gasteiger partial charge in [-0.15, -0.1) is 0 Å². The van der Waals surface area contributed by atoms with Crippen LogP contribution in [0.5, 0.6) is 0 Å². The Morgan fingerprint density at radius 1 is 1.12 bits per heavy atom. The summed E-state index contributed by atoms with van der Waals surface area (Å²) in [6.07, 6.45) is 1.96. The zero-order valence-electron chi connectivity index (χ0n) is 14.8. The zero-order chi connectivity index (χ0) is 17.8. The standard InChI is InChI=1S/C19H24ClFN4/c1-23(2)13-15-3-6-19(22-12-15)25-9-7-24(8-10-25)14-16-4-5-17(21)11-18(16)20/h3-6,11-12H,7-10,13-14H2,1-2H3. The van der Waals surface area contributed by atoms with E-state index in [2.05, 4.69) is 45.9 Å². The third-order valence-corrected chi connectivity index (χ3v) is 4.77. The normalized spacial score (nSPS) is 15.8. The topological polar surface area (TPSA) is 22.6 Å². The quantitative estimate of drug-likeness (QED) is 0.814. The first-order chi connectivity index (χ1) is 12.0. The second-order valence-corrected chi connectivity index (χ2v) is 7.17. The van der Waals surface area contributed by atoms with Crippen LogP contribution in [0.15, 0.2) is 36.5 Å². The molecule has 0 N–H and O–H groups in total. The van der Waals surface area contributed by atoms with Crippen LogP contribution in [0, 0.1) is 5.82 Å². The minimum Gasteiger partial charge on any atom is -0.354 e. The number of hydrogen-bond donors (Lipinski definition) is 0. The van der Waals surface area contributed by atoms with Crippen molar-refractivity contribution in [1.82, 2.24) is 14.8 Å². The van der Waals surface area contributed by atoms with Gasteiger partial charge in [0.15, 0.2) is 0 Å². The van der Waals surface area contributed by atoms with E-state index in [1.807, 2.05) is 6.20 Å². The molecule has 1 fully saturated rings. The molecule has 134 valence electrons. The largest absolute Gasteiger partial charge is 0.354 e. The highest BCUT2D eigenvalue weighted by Gasteiger charge is 2.19. The van der Waals surface area contributed by atoms with E-state index in [4.69, 9.17) is 11.6 Å². The van der Waals surface area contributed by atoms with Gasteiger partial charge in [0, 0.05) is 50.5 Å². The molecule has 0 radical (unpaired) electrons. The number of pyridine rings is 1. The summed E-state index contributed by atoms with van der Waals surface area (Å²) < 4.78 is 13.1. The number of anilines is 1. The molecule has 0 aliphatic carbocycles. The van der Waals surface area contributed by atoms with Crippen LogP contribution in [0.4, 0.5) is 10.2 Å². The number of rotatable bonds is 5. The van der Waals surface area contributed by atoms with Crippen molar-refractivity contribution in [2.45, 2.75) is 13.1 Å². The maximum absolute atomic E-state index is 13.1. The molecule has 3 rings (SSSR count). The van der Waals surface area contributed by atoms with Crippen LogP contribution in [0.1, 0.15) is 11.1 Å². The smallest absolute Gasteiger partial charge is 0.128 e. The molecule has 1 aliphatic heterocycles. The van der Waals surface area contributed by atoms with E-state index >= 15 is 0 Å². The number of aromatic nitrogens is 1. The minimum absolute atomic E-state index is 0.289. The van der Waals surface area contributed by atoms with Crippen molar-refractivity contribution in [3.05, 3.63) is 58.5 Å². The van der Waals surface area contributed by atoms with E-state index in [0.29, 0.717) is 5.02 Å². The second-order valence-electron chi connectivity index (χ2n) is 6.76. The number of hydrogen-bond acceptors (Lipinski definition) is 4. The van der Waals surface area contributed by atoms with Crippen LogP contribution in [0.25, 0.3) is 0 Å². The average Bonchev–Trinajstić information content (AvgIpc) is 2.58. The molecule has 0 spiro atoms. The minimum atomic E-state index is -0.289. The lowest BCUT2D eigenvalue weighted by atomic mass is 10.2. The van der Waals surface area contributed by atoms with E-state index in [-0.39, 0.29) is 5.82 Å². The van der Waals surface area contributed by atoms with E-state index in [1.54, 1.807) is 6.07 Å². The predicted octanol–water partition coefficient (Wildman–Crippen LogP) is 3.26. The Morgan fingerprint density at radius 3 is 2.48 bits per heavy atom. The fourth-order valence-electron chi connectivity index (χ4n) is 3.09. The van der Waals surface area contributed by atoms with Gasteiger partial charge in [-0.1, -0.05) is 23.7 Å². The molecule has 1 aliphatic rings. The Labute approximate surface area is 153 Å². The van der Waals surface area contributed by atoms with E-state index < -0.39 is 0 Å². The Kier molecular flexibility index (Phi) is 5.89. The van der Waals surface area contributed by atoms with Crippen molar-refractivity contribution < 1.29 is 4.39 Å². The van der Waals surface area contributed by atoms with Gasteiger partial charge in [-0.05, 0) is 43.4 Å². The summed E-state index contributed by atoms with van der Waals surface area (Å²) >= 11 is 6.13. The third-order valence-electron chi connectivity index (χ3n) is 4.41. The van der Waals surface area contributed by atoms with Gasteiger partial charge in [0.1, 0.15) is 11.6 Å². The zero-order valence-corrected chi connectivity index (χ0v) is 15.5. The lowest BCUT2D eigenvalue weighted by Crippen LogP contribution is -2.46. The van der Waals surface area contributed by atoms with Crippen molar-refractivity contribution in [3.8, 4) is 0 Å². The van der Waals surface area contributed by atoms with Gasteiger partial charge >= 0.3 is 0 Å². The number of piperazine rings is 1. The van der Waals surface area contributed by atoms with E-state index in [1.165, 1.54) is 17.7 Å². The molecule has 0 unspecified atom stereocenters. The highest BCUT2D eigenvalue weighted by Crippen LogP contribution is 2.21. The molecule has 0 atom stereocenters. The maximum atomic E-state index is 13.1. The summed E-state index contributed by atoms with van der Waals surface area (Å²) in [6.45, 7) is 5.39. The molecule has 1 aromatic heterocycles. The molecule has 0 bridgehead atoms. The van der Waals surface area contributed by atoms with Crippen molar-refractivity contribution in [2.24, 2.45) is 0 Å². The number of halogens is 2. The van der Waals surface area contributed by atoms with Crippen LogP contribution in [-0.4, -0.2) is 55.1 Å². The van der Waals surface area contributed by atoms with Crippen molar-refractivity contribution in [3.63, 3.8) is 0 Å². The fraction of sp³-hybridized carbons (Fsp3) is 0.421. The number of nitrogens with zero attached hydrogens (tertiary/aromatic N) is 4. The molecule has 6 heteroatoms. The summed E-state index contributed by atoms with van der Waals surface area (Å²) in [5, 5.41) is 0.501. The van der Waals surface area contributed by atoms with Crippen molar-refractivity contribution in [1.29, 1.82) is 0 Å². The summed E-state index contributed by atoms with van der Waals surface area (Å²) in [7, 11) is 4.11. The Morgan fingerprint density at radius 2 is 1.88 bits per heavy atom. The van der Waals surface area contributed by atoms with Crippen LogP contribution < -0.4 is 4.90 Å². The van der Waals surface area contributed by atoms with Gasteiger partial charge in [0.05, 0.1) is 0 Å².